The van der Waals surface area contributed by atoms with Crippen LogP contribution in [0.25, 0.3) is 0 Å². The number of halogens is 1. The number of carbonyl (C=O) groups is 1. The van der Waals surface area contributed by atoms with Crippen molar-refractivity contribution >= 4 is 28.3 Å². The van der Waals surface area contributed by atoms with Crippen molar-refractivity contribution < 1.29 is 13.2 Å². The largest absolute Gasteiger partial charge is 0.355 e. The molecule has 8 heteroatoms. The zero-order chi connectivity index (χ0) is 15.2. The predicted octanol–water partition coefficient (Wildman–Crippen LogP) is 0.571. The maximum Gasteiger partial charge on any atom is 0.224 e. The number of piperidine rings is 1. The smallest absolute Gasteiger partial charge is 0.224 e. The Kier molecular flexibility index (Phi) is 9.44. The van der Waals surface area contributed by atoms with Crippen LogP contribution in [0.5, 0.6) is 0 Å². The van der Waals surface area contributed by atoms with Crippen LogP contribution in [0.3, 0.4) is 0 Å². The summed E-state index contributed by atoms with van der Waals surface area (Å²) in [7, 11) is -3.25. The molecule has 0 aromatic carbocycles. The molecule has 0 saturated carbocycles. The van der Waals surface area contributed by atoms with Crippen molar-refractivity contribution in [2.24, 2.45) is 17.6 Å². The van der Waals surface area contributed by atoms with Crippen LogP contribution in [0, 0.1) is 11.8 Å². The van der Waals surface area contributed by atoms with E-state index in [9.17, 15) is 13.2 Å². The maximum absolute atomic E-state index is 12.3. The predicted molar refractivity (Wildman–Crippen MR) is 86.9 cm³/mol. The topological polar surface area (TPSA) is 92.5 Å². The standard InChI is InChI=1S/C13H27N3O3S.ClH/c1-3-11(2)10-20(18,19)16-8-4-5-12(9-16)13(17)15-7-6-14;/h11-12H,3-10,14H2,1-2H3,(H,15,17);1H. The van der Waals surface area contributed by atoms with E-state index in [1.54, 1.807) is 0 Å². The summed E-state index contributed by atoms with van der Waals surface area (Å²) in [6.07, 6.45) is 2.32. The number of nitrogens with zero attached hydrogens (tertiary/aromatic N) is 1. The van der Waals surface area contributed by atoms with E-state index in [4.69, 9.17) is 5.73 Å². The second-order valence-electron chi connectivity index (χ2n) is 5.57. The summed E-state index contributed by atoms with van der Waals surface area (Å²) in [5.74, 6) is -0.0203. The Balaban J connectivity index is 0.00000400. The Hall–Kier alpha value is -0.370. The molecule has 2 unspecified atom stereocenters. The first kappa shape index (κ1) is 20.6. The van der Waals surface area contributed by atoms with E-state index < -0.39 is 10.0 Å². The summed E-state index contributed by atoms with van der Waals surface area (Å²) in [4.78, 5) is 11.9. The minimum Gasteiger partial charge on any atom is -0.355 e. The van der Waals surface area contributed by atoms with Crippen LogP contribution < -0.4 is 11.1 Å². The van der Waals surface area contributed by atoms with Gasteiger partial charge in [0.25, 0.3) is 0 Å². The molecular weight excluding hydrogens is 314 g/mol. The number of rotatable bonds is 7. The van der Waals surface area contributed by atoms with Crippen molar-refractivity contribution in [1.82, 2.24) is 9.62 Å². The van der Waals surface area contributed by atoms with Crippen LogP contribution in [-0.4, -0.2) is 50.6 Å². The minimum absolute atomic E-state index is 0. The number of nitrogens with two attached hydrogens (primary N) is 1. The molecule has 0 aromatic rings. The molecule has 1 fully saturated rings. The average molecular weight is 342 g/mol. The zero-order valence-electron chi connectivity index (χ0n) is 12.9. The first-order chi connectivity index (χ1) is 9.40. The molecule has 6 nitrogen and oxygen atoms in total. The van der Waals surface area contributed by atoms with Crippen LogP contribution in [0.4, 0.5) is 0 Å². The highest BCUT2D eigenvalue weighted by molar-refractivity contribution is 7.89. The van der Waals surface area contributed by atoms with Crippen molar-refractivity contribution in [3.8, 4) is 0 Å². The molecule has 1 heterocycles. The van der Waals surface area contributed by atoms with Gasteiger partial charge >= 0.3 is 0 Å². The van der Waals surface area contributed by atoms with E-state index in [0.29, 0.717) is 26.2 Å². The molecule has 0 aromatic heterocycles. The summed E-state index contributed by atoms with van der Waals surface area (Å²) >= 11 is 0. The summed E-state index contributed by atoms with van der Waals surface area (Å²) in [6.45, 7) is 5.59. The second-order valence-corrected chi connectivity index (χ2v) is 7.58. The molecule has 0 radical (unpaired) electrons. The van der Waals surface area contributed by atoms with Gasteiger partial charge < -0.3 is 11.1 Å². The highest BCUT2D eigenvalue weighted by Crippen LogP contribution is 2.21. The van der Waals surface area contributed by atoms with Gasteiger partial charge in [0.05, 0.1) is 11.7 Å². The molecule has 1 saturated heterocycles. The molecule has 21 heavy (non-hydrogen) atoms. The van der Waals surface area contributed by atoms with Crippen LogP contribution in [0.1, 0.15) is 33.1 Å². The van der Waals surface area contributed by atoms with E-state index in [1.807, 2.05) is 13.8 Å². The lowest BCUT2D eigenvalue weighted by molar-refractivity contribution is -0.126. The van der Waals surface area contributed by atoms with Gasteiger partial charge in [-0.25, -0.2) is 12.7 Å². The lowest BCUT2D eigenvalue weighted by atomic mass is 9.99. The van der Waals surface area contributed by atoms with E-state index in [2.05, 4.69) is 5.32 Å². The van der Waals surface area contributed by atoms with Gasteiger partial charge in [0.2, 0.25) is 15.9 Å². The van der Waals surface area contributed by atoms with Gasteiger partial charge in [0.1, 0.15) is 0 Å². The van der Waals surface area contributed by atoms with Crippen molar-refractivity contribution in [2.45, 2.75) is 33.1 Å². The Morgan fingerprint density at radius 3 is 2.71 bits per heavy atom. The monoisotopic (exact) mass is 341 g/mol. The van der Waals surface area contributed by atoms with Crippen LogP contribution >= 0.6 is 12.4 Å². The quantitative estimate of drug-likeness (QED) is 0.708. The average Bonchev–Trinajstić information content (AvgIpc) is 2.44. The highest BCUT2D eigenvalue weighted by Gasteiger charge is 2.32. The Morgan fingerprint density at radius 1 is 1.48 bits per heavy atom. The SMILES string of the molecule is CCC(C)CS(=O)(=O)N1CCCC(C(=O)NCCN)C1.Cl. The number of sulfonamides is 1. The summed E-state index contributed by atoms with van der Waals surface area (Å²) in [5, 5.41) is 2.74. The van der Waals surface area contributed by atoms with E-state index >= 15 is 0 Å². The van der Waals surface area contributed by atoms with Gasteiger partial charge in [-0.05, 0) is 18.8 Å². The molecule has 1 aliphatic heterocycles. The van der Waals surface area contributed by atoms with Gasteiger partial charge in [-0.2, -0.15) is 0 Å². The van der Waals surface area contributed by atoms with Gasteiger partial charge in [-0.3, -0.25) is 4.79 Å². The Bertz CT molecular complexity index is 417. The molecular formula is C13H28ClN3O3S. The lowest BCUT2D eigenvalue weighted by Crippen LogP contribution is -2.47. The van der Waals surface area contributed by atoms with E-state index in [0.717, 1.165) is 19.3 Å². The van der Waals surface area contributed by atoms with Crippen molar-refractivity contribution in [1.29, 1.82) is 0 Å². The fourth-order valence-corrected chi connectivity index (χ4v) is 4.31. The Labute approximate surface area is 134 Å². The second kappa shape index (κ2) is 9.61. The first-order valence-electron chi connectivity index (χ1n) is 7.36. The lowest BCUT2D eigenvalue weighted by Gasteiger charge is -2.31. The number of hydrogen-bond acceptors (Lipinski definition) is 4. The molecule has 1 rings (SSSR count). The number of carbonyl (C=O) groups excluding carboxylic acids is 1. The van der Waals surface area contributed by atoms with Gasteiger partial charge in [-0.15, -0.1) is 12.4 Å². The van der Waals surface area contributed by atoms with E-state index in [1.165, 1.54) is 4.31 Å². The third-order valence-electron chi connectivity index (χ3n) is 3.78. The molecule has 126 valence electrons. The number of amides is 1. The summed E-state index contributed by atoms with van der Waals surface area (Å²) in [6, 6.07) is 0. The summed E-state index contributed by atoms with van der Waals surface area (Å²) in [5.41, 5.74) is 5.35. The number of hydrogen-bond donors (Lipinski definition) is 2. The normalized spacial score (nSPS) is 21.4. The third kappa shape index (κ3) is 6.50. The van der Waals surface area contributed by atoms with Gasteiger partial charge in [-0.1, -0.05) is 20.3 Å². The molecule has 1 amide bonds. The van der Waals surface area contributed by atoms with Crippen molar-refractivity contribution in [3.05, 3.63) is 0 Å². The number of nitrogens with one attached hydrogen (secondary N) is 1. The van der Waals surface area contributed by atoms with Crippen molar-refractivity contribution in [3.63, 3.8) is 0 Å². The van der Waals surface area contributed by atoms with Gasteiger partial charge in [0.15, 0.2) is 0 Å². The fourth-order valence-electron chi connectivity index (χ4n) is 2.33. The zero-order valence-corrected chi connectivity index (χ0v) is 14.5. The molecule has 3 N–H and O–H groups in total. The third-order valence-corrected chi connectivity index (χ3v) is 5.89. The fraction of sp³-hybridized carbons (Fsp3) is 0.923. The van der Waals surface area contributed by atoms with Crippen LogP contribution in [-0.2, 0) is 14.8 Å². The van der Waals surface area contributed by atoms with E-state index in [-0.39, 0.29) is 35.9 Å². The Morgan fingerprint density at radius 2 is 2.14 bits per heavy atom. The molecule has 0 aliphatic carbocycles. The molecule has 2 atom stereocenters. The van der Waals surface area contributed by atoms with Crippen LogP contribution in [0.15, 0.2) is 0 Å². The minimum atomic E-state index is -3.25. The molecule has 1 aliphatic rings. The molecule has 0 spiro atoms. The van der Waals surface area contributed by atoms with Crippen molar-refractivity contribution in [2.75, 3.05) is 31.9 Å². The molecule has 0 bridgehead atoms. The maximum atomic E-state index is 12.3. The van der Waals surface area contributed by atoms with Gasteiger partial charge in [0, 0.05) is 26.2 Å². The first-order valence-corrected chi connectivity index (χ1v) is 8.97. The summed E-state index contributed by atoms with van der Waals surface area (Å²) < 4.78 is 26.1. The van der Waals surface area contributed by atoms with Crippen LogP contribution in [0.2, 0.25) is 0 Å². The highest BCUT2D eigenvalue weighted by atomic mass is 35.5.